The number of rotatable bonds is 6. The van der Waals surface area contributed by atoms with Crippen LogP contribution in [0, 0.1) is 11.3 Å². The molecule has 0 radical (unpaired) electrons. The van der Waals surface area contributed by atoms with Crippen LogP contribution in [0.25, 0.3) is 0 Å². The smallest absolute Gasteiger partial charge is 0.317 e. The van der Waals surface area contributed by atoms with Gasteiger partial charge in [0.25, 0.3) is 0 Å². The van der Waals surface area contributed by atoms with Gasteiger partial charge in [-0.25, -0.2) is 0 Å². The molecule has 21 heavy (non-hydrogen) atoms. The Labute approximate surface area is 129 Å². The average Bonchev–Trinajstić information content (AvgIpc) is 2.40. The largest absolute Gasteiger partial charge is 0.480 e. The SMILES string of the molecule is CCN(CC(=O)O)C1CC(Nc2cc(Cl)ccc2C#N)C1. The van der Waals surface area contributed by atoms with Gasteiger partial charge in [0, 0.05) is 17.1 Å². The molecule has 0 atom stereocenters. The number of aliphatic carboxylic acids is 1. The van der Waals surface area contributed by atoms with Crippen molar-refractivity contribution in [1.82, 2.24) is 4.90 Å². The first-order valence-corrected chi connectivity index (χ1v) is 7.33. The summed E-state index contributed by atoms with van der Waals surface area (Å²) in [4.78, 5) is 12.8. The molecule has 6 heteroatoms. The molecule has 1 aliphatic rings. The standard InChI is InChI=1S/C15H18ClN3O2/c1-2-19(9-15(20)21)13-6-12(7-13)18-14-5-11(16)4-3-10(14)8-17/h3-5,12-13,18H,2,6-7,9H2,1H3,(H,20,21). The average molecular weight is 308 g/mol. The second-order valence-electron chi connectivity index (χ2n) is 5.23. The molecule has 0 heterocycles. The first-order chi connectivity index (χ1) is 10.0. The zero-order chi connectivity index (χ0) is 15.4. The molecular weight excluding hydrogens is 290 g/mol. The van der Waals surface area contributed by atoms with E-state index in [0.29, 0.717) is 10.6 Å². The van der Waals surface area contributed by atoms with Gasteiger partial charge in [-0.1, -0.05) is 18.5 Å². The topological polar surface area (TPSA) is 76.4 Å². The van der Waals surface area contributed by atoms with Crippen LogP contribution in [0.2, 0.25) is 5.02 Å². The fourth-order valence-corrected chi connectivity index (χ4v) is 2.80. The zero-order valence-electron chi connectivity index (χ0n) is 11.8. The van der Waals surface area contributed by atoms with Gasteiger partial charge in [0.2, 0.25) is 0 Å². The summed E-state index contributed by atoms with van der Waals surface area (Å²) in [6.07, 6.45) is 1.75. The van der Waals surface area contributed by atoms with E-state index in [1.165, 1.54) is 0 Å². The number of hydrogen-bond donors (Lipinski definition) is 2. The molecule has 0 unspecified atom stereocenters. The van der Waals surface area contributed by atoms with Crippen LogP contribution < -0.4 is 5.32 Å². The monoisotopic (exact) mass is 307 g/mol. The van der Waals surface area contributed by atoms with Gasteiger partial charge in [-0.3, -0.25) is 9.69 Å². The quantitative estimate of drug-likeness (QED) is 0.844. The van der Waals surface area contributed by atoms with Gasteiger partial charge in [-0.05, 0) is 37.6 Å². The fraction of sp³-hybridized carbons (Fsp3) is 0.467. The molecule has 112 valence electrons. The number of likely N-dealkylation sites (N-methyl/N-ethyl adjacent to an activating group) is 1. The molecule has 0 saturated heterocycles. The predicted octanol–water partition coefficient (Wildman–Crippen LogP) is 2.56. The third kappa shape index (κ3) is 3.87. The number of nitrogens with one attached hydrogen (secondary N) is 1. The molecule has 0 bridgehead atoms. The Morgan fingerprint density at radius 2 is 2.29 bits per heavy atom. The number of benzene rings is 1. The maximum absolute atomic E-state index is 10.8. The number of carbonyl (C=O) groups is 1. The van der Waals surface area contributed by atoms with E-state index in [9.17, 15) is 4.79 Å². The predicted molar refractivity (Wildman–Crippen MR) is 81.5 cm³/mol. The summed E-state index contributed by atoms with van der Waals surface area (Å²) in [5.41, 5.74) is 1.32. The molecule has 0 spiro atoms. The van der Waals surface area contributed by atoms with Gasteiger partial charge in [-0.15, -0.1) is 0 Å². The Balaban J connectivity index is 1.92. The van der Waals surface area contributed by atoms with E-state index in [2.05, 4.69) is 11.4 Å². The molecule has 1 aliphatic carbocycles. The lowest BCUT2D eigenvalue weighted by molar-refractivity contribution is -0.139. The minimum atomic E-state index is -0.796. The van der Waals surface area contributed by atoms with E-state index >= 15 is 0 Å². The van der Waals surface area contributed by atoms with Crippen molar-refractivity contribution in [1.29, 1.82) is 5.26 Å². The highest BCUT2D eigenvalue weighted by atomic mass is 35.5. The highest BCUT2D eigenvalue weighted by Gasteiger charge is 2.34. The van der Waals surface area contributed by atoms with Crippen LogP contribution in [0.5, 0.6) is 0 Å². The highest BCUT2D eigenvalue weighted by Crippen LogP contribution is 2.30. The van der Waals surface area contributed by atoms with Crippen LogP contribution in [-0.4, -0.2) is 41.1 Å². The lowest BCUT2D eigenvalue weighted by atomic mass is 9.85. The minimum Gasteiger partial charge on any atom is -0.480 e. The summed E-state index contributed by atoms with van der Waals surface area (Å²) in [5, 5.41) is 21.9. The van der Waals surface area contributed by atoms with Crippen molar-refractivity contribution < 1.29 is 9.90 Å². The van der Waals surface area contributed by atoms with Gasteiger partial charge >= 0.3 is 5.97 Å². The van der Waals surface area contributed by atoms with E-state index in [-0.39, 0.29) is 18.6 Å². The molecule has 1 saturated carbocycles. The molecule has 1 aromatic rings. The molecule has 1 aromatic carbocycles. The van der Waals surface area contributed by atoms with Gasteiger partial charge in [0.05, 0.1) is 17.8 Å². The van der Waals surface area contributed by atoms with Crippen molar-refractivity contribution in [2.45, 2.75) is 31.8 Å². The highest BCUT2D eigenvalue weighted by molar-refractivity contribution is 6.30. The van der Waals surface area contributed by atoms with Crippen molar-refractivity contribution >= 4 is 23.3 Å². The van der Waals surface area contributed by atoms with Crippen LogP contribution in [0.3, 0.4) is 0 Å². The molecule has 5 nitrogen and oxygen atoms in total. The van der Waals surface area contributed by atoms with E-state index in [0.717, 1.165) is 25.1 Å². The number of carboxylic acids is 1. The number of nitriles is 1. The second kappa shape index (κ2) is 6.79. The summed E-state index contributed by atoms with van der Waals surface area (Å²) in [7, 11) is 0. The van der Waals surface area contributed by atoms with Crippen LogP contribution in [0.4, 0.5) is 5.69 Å². The van der Waals surface area contributed by atoms with E-state index in [4.69, 9.17) is 22.0 Å². The van der Waals surface area contributed by atoms with Crippen molar-refractivity contribution in [2.75, 3.05) is 18.4 Å². The molecular formula is C15H18ClN3O2. The lowest BCUT2D eigenvalue weighted by Crippen LogP contribution is -2.51. The van der Waals surface area contributed by atoms with E-state index in [1.807, 2.05) is 11.8 Å². The van der Waals surface area contributed by atoms with Crippen molar-refractivity contribution in [3.63, 3.8) is 0 Å². The third-order valence-corrected chi connectivity index (χ3v) is 4.07. The molecule has 0 aliphatic heterocycles. The number of hydrogen-bond acceptors (Lipinski definition) is 4. The zero-order valence-corrected chi connectivity index (χ0v) is 12.6. The lowest BCUT2D eigenvalue weighted by Gasteiger charge is -2.42. The van der Waals surface area contributed by atoms with Crippen molar-refractivity contribution in [3.8, 4) is 6.07 Å². The maximum atomic E-state index is 10.8. The third-order valence-electron chi connectivity index (χ3n) is 3.84. The van der Waals surface area contributed by atoms with Gasteiger partial charge in [0.1, 0.15) is 6.07 Å². The number of carboxylic acid groups (broad SMARTS) is 1. The Morgan fingerprint density at radius 3 is 2.86 bits per heavy atom. The maximum Gasteiger partial charge on any atom is 0.317 e. The normalized spacial score (nSPS) is 20.7. The number of halogens is 1. The Kier molecular flexibility index (Phi) is 5.05. The number of anilines is 1. The van der Waals surface area contributed by atoms with E-state index < -0.39 is 5.97 Å². The molecule has 0 aromatic heterocycles. The second-order valence-corrected chi connectivity index (χ2v) is 5.66. The fourth-order valence-electron chi connectivity index (χ4n) is 2.63. The summed E-state index contributed by atoms with van der Waals surface area (Å²) < 4.78 is 0. The van der Waals surface area contributed by atoms with Crippen LogP contribution >= 0.6 is 11.6 Å². The van der Waals surface area contributed by atoms with Gasteiger partial charge in [0.15, 0.2) is 0 Å². The molecule has 2 rings (SSSR count). The molecule has 2 N–H and O–H groups in total. The van der Waals surface area contributed by atoms with Crippen LogP contribution in [-0.2, 0) is 4.79 Å². The Bertz CT molecular complexity index is 565. The first-order valence-electron chi connectivity index (χ1n) is 6.95. The summed E-state index contributed by atoms with van der Waals surface area (Å²) >= 11 is 5.95. The van der Waals surface area contributed by atoms with Crippen LogP contribution in [0.15, 0.2) is 18.2 Å². The summed E-state index contributed by atoms with van der Waals surface area (Å²) in [5.74, 6) is -0.796. The Morgan fingerprint density at radius 1 is 1.57 bits per heavy atom. The summed E-state index contributed by atoms with van der Waals surface area (Å²) in [6.45, 7) is 2.77. The first kappa shape index (κ1) is 15.6. The number of nitrogens with zero attached hydrogens (tertiary/aromatic N) is 2. The van der Waals surface area contributed by atoms with Crippen LogP contribution in [0.1, 0.15) is 25.3 Å². The van der Waals surface area contributed by atoms with Gasteiger partial charge in [-0.2, -0.15) is 5.26 Å². The van der Waals surface area contributed by atoms with E-state index in [1.54, 1.807) is 18.2 Å². The van der Waals surface area contributed by atoms with Crippen molar-refractivity contribution in [3.05, 3.63) is 28.8 Å². The minimum absolute atomic E-state index is 0.0779. The summed E-state index contributed by atoms with van der Waals surface area (Å²) in [6, 6.07) is 7.82. The molecule has 0 amide bonds. The molecule has 1 fully saturated rings. The van der Waals surface area contributed by atoms with Gasteiger partial charge < -0.3 is 10.4 Å². The van der Waals surface area contributed by atoms with Crippen molar-refractivity contribution in [2.24, 2.45) is 0 Å². The Hall–Kier alpha value is -1.77.